The lowest BCUT2D eigenvalue weighted by Crippen LogP contribution is -2.62. The third kappa shape index (κ3) is 2.78. The van der Waals surface area contributed by atoms with Gasteiger partial charge in [-0.2, -0.15) is 0 Å². The zero-order valence-corrected chi connectivity index (χ0v) is 10.4. The molecule has 1 N–H and O–H groups in total. The molecule has 1 aliphatic carbocycles. The van der Waals surface area contributed by atoms with Crippen LogP contribution in [0.3, 0.4) is 0 Å². The van der Waals surface area contributed by atoms with Crippen molar-refractivity contribution in [2.24, 2.45) is 0 Å². The Hall–Kier alpha value is -0.650. The van der Waals surface area contributed by atoms with Crippen molar-refractivity contribution in [1.82, 2.24) is 4.90 Å². The van der Waals surface area contributed by atoms with E-state index in [4.69, 9.17) is 9.47 Å². The fourth-order valence-corrected chi connectivity index (χ4v) is 2.18. The molecule has 0 aromatic heterocycles. The molecule has 2 fully saturated rings. The largest absolute Gasteiger partial charge is 0.385 e. The molecule has 1 amide bonds. The SMILES string of the molecule is COCCCOC1CN(C(=O)C2(O)CCC2)C1. The highest BCUT2D eigenvalue weighted by atomic mass is 16.5. The predicted molar refractivity (Wildman–Crippen MR) is 61.6 cm³/mol. The van der Waals surface area contributed by atoms with Crippen LogP contribution in [0.4, 0.5) is 0 Å². The van der Waals surface area contributed by atoms with E-state index < -0.39 is 5.60 Å². The molecule has 0 spiro atoms. The number of carbonyl (C=O) groups is 1. The average Bonchev–Trinajstić information content (AvgIpc) is 2.22. The van der Waals surface area contributed by atoms with Crippen LogP contribution in [-0.2, 0) is 14.3 Å². The first kappa shape index (κ1) is 12.8. The maximum atomic E-state index is 11.9. The topological polar surface area (TPSA) is 59.0 Å². The molecular weight excluding hydrogens is 222 g/mol. The monoisotopic (exact) mass is 243 g/mol. The molecule has 98 valence electrons. The molecule has 1 saturated carbocycles. The summed E-state index contributed by atoms with van der Waals surface area (Å²) in [7, 11) is 1.67. The number of amides is 1. The fraction of sp³-hybridized carbons (Fsp3) is 0.917. The molecular formula is C12H21NO4. The maximum Gasteiger partial charge on any atom is 0.254 e. The average molecular weight is 243 g/mol. The van der Waals surface area contributed by atoms with Crippen LogP contribution < -0.4 is 0 Å². The van der Waals surface area contributed by atoms with Gasteiger partial charge in [0, 0.05) is 33.4 Å². The van der Waals surface area contributed by atoms with Crippen molar-refractivity contribution in [2.75, 3.05) is 33.4 Å². The van der Waals surface area contributed by atoms with E-state index in [9.17, 15) is 9.90 Å². The van der Waals surface area contributed by atoms with Crippen LogP contribution in [0, 0.1) is 0 Å². The van der Waals surface area contributed by atoms with Crippen molar-refractivity contribution in [1.29, 1.82) is 0 Å². The number of carbonyl (C=O) groups excluding carboxylic acids is 1. The Balaban J connectivity index is 1.60. The Labute approximate surface area is 102 Å². The second-order valence-corrected chi connectivity index (χ2v) is 4.93. The summed E-state index contributed by atoms with van der Waals surface area (Å²) in [6.45, 7) is 2.61. The standard InChI is InChI=1S/C12H21NO4/c1-16-6-3-7-17-10-8-13(9-10)11(14)12(15)4-2-5-12/h10,15H,2-9H2,1H3. The molecule has 0 aromatic carbocycles. The second-order valence-electron chi connectivity index (χ2n) is 4.93. The number of aliphatic hydroxyl groups is 1. The van der Waals surface area contributed by atoms with Gasteiger partial charge in [0.15, 0.2) is 0 Å². The molecule has 17 heavy (non-hydrogen) atoms. The highest BCUT2D eigenvalue weighted by Gasteiger charge is 2.47. The molecule has 1 aliphatic heterocycles. The first-order chi connectivity index (χ1) is 8.15. The van der Waals surface area contributed by atoms with Crippen molar-refractivity contribution in [3.8, 4) is 0 Å². The first-order valence-corrected chi connectivity index (χ1v) is 6.28. The van der Waals surface area contributed by atoms with Crippen LogP contribution in [-0.4, -0.2) is 61.0 Å². The van der Waals surface area contributed by atoms with Gasteiger partial charge in [-0.25, -0.2) is 0 Å². The number of hydrogen-bond acceptors (Lipinski definition) is 4. The van der Waals surface area contributed by atoms with Crippen LogP contribution in [0.2, 0.25) is 0 Å². The summed E-state index contributed by atoms with van der Waals surface area (Å²) in [6.07, 6.45) is 3.20. The number of methoxy groups -OCH3 is 1. The van der Waals surface area contributed by atoms with Gasteiger partial charge in [-0.1, -0.05) is 0 Å². The fourth-order valence-electron chi connectivity index (χ4n) is 2.18. The maximum absolute atomic E-state index is 11.9. The van der Waals surface area contributed by atoms with Gasteiger partial charge in [-0.3, -0.25) is 4.79 Å². The quantitative estimate of drug-likeness (QED) is 0.675. The van der Waals surface area contributed by atoms with Crippen molar-refractivity contribution in [3.63, 3.8) is 0 Å². The van der Waals surface area contributed by atoms with E-state index >= 15 is 0 Å². The summed E-state index contributed by atoms with van der Waals surface area (Å²) in [5, 5.41) is 9.90. The van der Waals surface area contributed by atoms with Gasteiger partial charge < -0.3 is 19.5 Å². The summed E-state index contributed by atoms with van der Waals surface area (Å²) < 4.78 is 10.5. The van der Waals surface area contributed by atoms with Gasteiger partial charge in [-0.05, 0) is 25.7 Å². The van der Waals surface area contributed by atoms with Gasteiger partial charge in [-0.15, -0.1) is 0 Å². The van der Waals surface area contributed by atoms with E-state index in [2.05, 4.69) is 0 Å². The van der Waals surface area contributed by atoms with Crippen molar-refractivity contribution in [2.45, 2.75) is 37.4 Å². The molecule has 1 saturated heterocycles. The number of rotatable bonds is 6. The Morgan fingerprint density at radius 1 is 1.41 bits per heavy atom. The molecule has 0 atom stereocenters. The number of likely N-dealkylation sites (tertiary alicyclic amines) is 1. The zero-order chi connectivity index (χ0) is 12.3. The Morgan fingerprint density at radius 2 is 2.12 bits per heavy atom. The van der Waals surface area contributed by atoms with Crippen molar-refractivity contribution in [3.05, 3.63) is 0 Å². The number of nitrogens with zero attached hydrogens (tertiary/aromatic N) is 1. The molecule has 0 unspecified atom stereocenters. The van der Waals surface area contributed by atoms with Crippen LogP contribution in [0.1, 0.15) is 25.7 Å². The first-order valence-electron chi connectivity index (χ1n) is 6.28. The summed E-state index contributed by atoms with van der Waals surface area (Å²) in [6, 6.07) is 0. The van der Waals surface area contributed by atoms with E-state index in [-0.39, 0.29) is 12.0 Å². The van der Waals surface area contributed by atoms with E-state index in [0.29, 0.717) is 39.1 Å². The van der Waals surface area contributed by atoms with Crippen LogP contribution >= 0.6 is 0 Å². The Kier molecular flexibility index (Phi) is 4.01. The molecule has 5 nitrogen and oxygen atoms in total. The summed E-state index contributed by atoms with van der Waals surface area (Å²) in [4.78, 5) is 13.5. The minimum Gasteiger partial charge on any atom is -0.385 e. The molecule has 0 bridgehead atoms. The molecule has 2 aliphatic rings. The minimum atomic E-state index is -1.05. The van der Waals surface area contributed by atoms with Crippen LogP contribution in [0.5, 0.6) is 0 Å². The third-order valence-corrected chi connectivity index (χ3v) is 3.56. The zero-order valence-electron chi connectivity index (χ0n) is 10.4. The lowest BCUT2D eigenvalue weighted by atomic mass is 9.78. The van der Waals surface area contributed by atoms with Gasteiger partial charge in [0.1, 0.15) is 5.60 Å². The van der Waals surface area contributed by atoms with Gasteiger partial charge in [0.2, 0.25) is 0 Å². The highest BCUT2D eigenvalue weighted by Crippen LogP contribution is 2.34. The Morgan fingerprint density at radius 3 is 2.65 bits per heavy atom. The minimum absolute atomic E-state index is 0.111. The number of ether oxygens (including phenoxy) is 2. The number of hydrogen-bond donors (Lipinski definition) is 1. The van der Waals surface area contributed by atoms with Crippen molar-refractivity contribution < 1.29 is 19.4 Å². The molecule has 5 heteroatoms. The Bertz CT molecular complexity index is 272. The van der Waals surface area contributed by atoms with E-state index in [0.717, 1.165) is 12.8 Å². The summed E-state index contributed by atoms with van der Waals surface area (Å²) in [5.41, 5.74) is -1.05. The van der Waals surface area contributed by atoms with Crippen LogP contribution in [0.25, 0.3) is 0 Å². The van der Waals surface area contributed by atoms with Gasteiger partial charge >= 0.3 is 0 Å². The van der Waals surface area contributed by atoms with E-state index in [1.54, 1.807) is 12.0 Å². The normalized spacial score (nSPS) is 23.1. The molecule has 0 radical (unpaired) electrons. The van der Waals surface area contributed by atoms with E-state index in [1.807, 2.05) is 0 Å². The van der Waals surface area contributed by atoms with Gasteiger partial charge in [0.25, 0.3) is 5.91 Å². The van der Waals surface area contributed by atoms with Gasteiger partial charge in [0.05, 0.1) is 6.10 Å². The highest BCUT2D eigenvalue weighted by molar-refractivity contribution is 5.86. The third-order valence-electron chi connectivity index (χ3n) is 3.56. The van der Waals surface area contributed by atoms with Crippen LogP contribution in [0.15, 0.2) is 0 Å². The lowest BCUT2D eigenvalue weighted by Gasteiger charge is -2.45. The molecule has 0 aromatic rings. The van der Waals surface area contributed by atoms with Crippen molar-refractivity contribution >= 4 is 5.91 Å². The summed E-state index contributed by atoms with van der Waals surface area (Å²) in [5.74, 6) is -0.111. The molecule has 1 heterocycles. The summed E-state index contributed by atoms with van der Waals surface area (Å²) >= 11 is 0. The van der Waals surface area contributed by atoms with E-state index in [1.165, 1.54) is 0 Å². The smallest absolute Gasteiger partial charge is 0.254 e. The second kappa shape index (κ2) is 5.33. The molecule has 2 rings (SSSR count). The lowest BCUT2D eigenvalue weighted by molar-refractivity contribution is -0.173. The predicted octanol–water partition coefficient (Wildman–Crippen LogP) is 0.165.